The minimum Gasteiger partial charge on any atom is -0.308 e. The van der Waals surface area contributed by atoms with Gasteiger partial charge in [-0.05, 0) is 28.9 Å². The van der Waals surface area contributed by atoms with Gasteiger partial charge in [0.2, 0.25) is 0 Å². The summed E-state index contributed by atoms with van der Waals surface area (Å²) in [5, 5.41) is 9.74. The fourth-order valence-electron chi connectivity index (χ4n) is 1.45. The van der Waals surface area contributed by atoms with Crippen molar-refractivity contribution in [2.75, 3.05) is 0 Å². The summed E-state index contributed by atoms with van der Waals surface area (Å²) >= 11 is 5.22. The van der Waals surface area contributed by atoms with Crippen LogP contribution in [0.15, 0.2) is 28.3 Å². The summed E-state index contributed by atoms with van der Waals surface area (Å²) in [5.74, 6) is 0. The third-order valence-electron chi connectivity index (χ3n) is 2.26. The highest BCUT2D eigenvalue weighted by Gasteiger charge is 1.99. The molecule has 2 aromatic heterocycles. The number of rotatable bonds is 5. The zero-order valence-electron chi connectivity index (χ0n) is 9.11. The lowest BCUT2D eigenvalue weighted by molar-refractivity contribution is 0.656. The van der Waals surface area contributed by atoms with Crippen molar-refractivity contribution in [3.63, 3.8) is 0 Å². The molecule has 0 aliphatic carbocycles. The van der Waals surface area contributed by atoms with Crippen LogP contribution in [0.1, 0.15) is 17.4 Å². The summed E-state index contributed by atoms with van der Waals surface area (Å²) in [6.07, 6.45) is 4.00. The van der Waals surface area contributed by atoms with Gasteiger partial charge < -0.3 is 5.32 Å². The Labute approximate surface area is 108 Å². The minimum absolute atomic E-state index is 0.871. The second-order valence-corrected chi connectivity index (χ2v) is 5.45. The molecule has 0 atom stereocenters. The quantitative estimate of drug-likeness (QED) is 0.920. The zero-order chi connectivity index (χ0) is 11.4. The van der Waals surface area contributed by atoms with Crippen molar-refractivity contribution < 1.29 is 0 Å². The molecule has 0 fully saturated rings. The molecule has 2 aromatic rings. The highest BCUT2D eigenvalue weighted by Crippen LogP contribution is 2.19. The summed E-state index contributed by atoms with van der Waals surface area (Å²) < 4.78 is 3.10. The van der Waals surface area contributed by atoms with Gasteiger partial charge in [0, 0.05) is 46.1 Å². The summed E-state index contributed by atoms with van der Waals surface area (Å²) in [6.45, 7) is 4.80. The van der Waals surface area contributed by atoms with Crippen LogP contribution in [0.5, 0.6) is 0 Å². The van der Waals surface area contributed by atoms with Crippen molar-refractivity contribution in [1.82, 2.24) is 15.1 Å². The van der Waals surface area contributed by atoms with E-state index in [9.17, 15) is 0 Å². The summed E-state index contributed by atoms with van der Waals surface area (Å²) in [6, 6.07) is 2.15. The lowest BCUT2D eigenvalue weighted by Crippen LogP contribution is -2.11. The van der Waals surface area contributed by atoms with E-state index in [1.54, 1.807) is 11.3 Å². The van der Waals surface area contributed by atoms with Gasteiger partial charge in [-0.25, -0.2) is 0 Å². The predicted molar refractivity (Wildman–Crippen MR) is 70.5 cm³/mol. The van der Waals surface area contributed by atoms with E-state index < -0.39 is 0 Å². The largest absolute Gasteiger partial charge is 0.308 e. The van der Waals surface area contributed by atoms with Crippen LogP contribution >= 0.6 is 27.3 Å². The van der Waals surface area contributed by atoms with Crippen LogP contribution in [0.2, 0.25) is 0 Å². The standard InChI is InChI=1S/C11H14BrN3S/c1-2-15-7-9(5-14-15)4-13-6-11-3-10(12)8-16-11/h3,5,7-8,13H,2,4,6H2,1H3. The normalized spacial score (nSPS) is 10.9. The number of thiophene rings is 1. The number of halogens is 1. The second kappa shape index (κ2) is 5.61. The highest BCUT2D eigenvalue weighted by atomic mass is 79.9. The van der Waals surface area contributed by atoms with Crippen molar-refractivity contribution in [3.8, 4) is 0 Å². The van der Waals surface area contributed by atoms with Gasteiger partial charge in [-0.1, -0.05) is 0 Å². The maximum Gasteiger partial charge on any atom is 0.0534 e. The summed E-state index contributed by atoms with van der Waals surface area (Å²) in [5.41, 5.74) is 1.23. The number of aromatic nitrogens is 2. The van der Waals surface area contributed by atoms with E-state index in [-0.39, 0.29) is 0 Å². The van der Waals surface area contributed by atoms with E-state index >= 15 is 0 Å². The molecule has 0 amide bonds. The molecular weight excluding hydrogens is 286 g/mol. The lowest BCUT2D eigenvalue weighted by Gasteiger charge is -1.99. The Balaban J connectivity index is 1.79. The number of hydrogen-bond acceptors (Lipinski definition) is 3. The van der Waals surface area contributed by atoms with Gasteiger partial charge in [0.15, 0.2) is 0 Å². The molecule has 0 saturated carbocycles. The molecule has 0 bridgehead atoms. The molecule has 86 valence electrons. The monoisotopic (exact) mass is 299 g/mol. The van der Waals surface area contributed by atoms with Gasteiger partial charge in [0.1, 0.15) is 0 Å². The third kappa shape index (κ3) is 3.17. The van der Waals surface area contributed by atoms with Gasteiger partial charge in [0.25, 0.3) is 0 Å². The molecule has 16 heavy (non-hydrogen) atoms. The molecule has 5 heteroatoms. The van der Waals surface area contributed by atoms with E-state index in [2.05, 4.69) is 50.9 Å². The van der Waals surface area contributed by atoms with E-state index in [0.717, 1.165) is 24.1 Å². The molecule has 2 heterocycles. The second-order valence-electron chi connectivity index (χ2n) is 3.54. The Morgan fingerprint density at radius 1 is 1.50 bits per heavy atom. The first-order chi connectivity index (χ1) is 7.78. The average Bonchev–Trinajstić information content (AvgIpc) is 2.88. The van der Waals surface area contributed by atoms with E-state index in [0.29, 0.717) is 0 Å². The third-order valence-corrected chi connectivity index (χ3v) is 3.96. The fraction of sp³-hybridized carbons (Fsp3) is 0.364. The number of nitrogens with zero attached hydrogens (tertiary/aromatic N) is 2. The number of nitrogens with one attached hydrogen (secondary N) is 1. The topological polar surface area (TPSA) is 29.9 Å². The predicted octanol–water partition coefficient (Wildman–Crippen LogP) is 3.02. The molecule has 0 spiro atoms. The van der Waals surface area contributed by atoms with Crippen LogP contribution in [-0.4, -0.2) is 9.78 Å². The van der Waals surface area contributed by atoms with Crippen molar-refractivity contribution in [3.05, 3.63) is 38.8 Å². The Morgan fingerprint density at radius 2 is 2.38 bits per heavy atom. The molecule has 0 aliphatic rings. The van der Waals surface area contributed by atoms with Crippen LogP contribution in [0.25, 0.3) is 0 Å². The van der Waals surface area contributed by atoms with Gasteiger partial charge in [-0.2, -0.15) is 5.10 Å². The Bertz CT molecular complexity index is 450. The number of aryl methyl sites for hydroxylation is 1. The van der Waals surface area contributed by atoms with Gasteiger partial charge >= 0.3 is 0 Å². The summed E-state index contributed by atoms with van der Waals surface area (Å²) in [7, 11) is 0. The maximum atomic E-state index is 4.24. The smallest absolute Gasteiger partial charge is 0.0534 e. The van der Waals surface area contributed by atoms with Gasteiger partial charge in [0.05, 0.1) is 6.20 Å². The van der Waals surface area contributed by atoms with E-state index in [1.807, 2.05) is 10.9 Å². The van der Waals surface area contributed by atoms with Gasteiger partial charge in [-0.15, -0.1) is 11.3 Å². The number of hydrogen-bond donors (Lipinski definition) is 1. The van der Waals surface area contributed by atoms with Gasteiger partial charge in [-0.3, -0.25) is 4.68 Å². The van der Waals surface area contributed by atoms with Crippen molar-refractivity contribution >= 4 is 27.3 Å². The molecule has 1 N–H and O–H groups in total. The summed E-state index contributed by atoms with van der Waals surface area (Å²) in [4.78, 5) is 1.34. The first kappa shape index (κ1) is 11.8. The SMILES string of the molecule is CCn1cc(CNCc2cc(Br)cs2)cn1. The lowest BCUT2D eigenvalue weighted by atomic mass is 10.3. The molecule has 0 unspecified atom stereocenters. The molecule has 0 saturated heterocycles. The highest BCUT2D eigenvalue weighted by molar-refractivity contribution is 9.10. The van der Waals surface area contributed by atoms with Crippen LogP contribution in [0, 0.1) is 0 Å². The Hall–Kier alpha value is -0.650. The van der Waals surface area contributed by atoms with Crippen LogP contribution in [-0.2, 0) is 19.6 Å². The molecule has 0 aromatic carbocycles. The zero-order valence-corrected chi connectivity index (χ0v) is 11.5. The van der Waals surface area contributed by atoms with Crippen LogP contribution in [0.3, 0.4) is 0 Å². The molecule has 0 aliphatic heterocycles. The fourth-order valence-corrected chi connectivity index (χ4v) is 2.87. The van der Waals surface area contributed by atoms with E-state index in [4.69, 9.17) is 0 Å². The maximum absolute atomic E-state index is 4.24. The van der Waals surface area contributed by atoms with Crippen molar-refractivity contribution in [2.24, 2.45) is 0 Å². The van der Waals surface area contributed by atoms with Crippen LogP contribution in [0.4, 0.5) is 0 Å². The first-order valence-corrected chi connectivity index (χ1v) is 6.90. The Morgan fingerprint density at radius 3 is 3.00 bits per heavy atom. The first-order valence-electron chi connectivity index (χ1n) is 5.23. The molecular formula is C11H14BrN3S. The average molecular weight is 300 g/mol. The van der Waals surface area contributed by atoms with E-state index in [1.165, 1.54) is 10.4 Å². The molecule has 2 rings (SSSR count). The van der Waals surface area contributed by atoms with Crippen LogP contribution < -0.4 is 5.32 Å². The van der Waals surface area contributed by atoms with Crippen molar-refractivity contribution in [1.29, 1.82) is 0 Å². The molecule has 3 nitrogen and oxygen atoms in total. The van der Waals surface area contributed by atoms with Crippen molar-refractivity contribution in [2.45, 2.75) is 26.6 Å². The molecule has 0 radical (unpaired) electrons. The Kier molecular flexibility index (Phi) is 4.15. The minimum atomic E-state index is 0.871.